The zero-order valence-electron chi connectivity index (χ0n) is 15.7. The molecule has 8 heteroatoms. The first kappa shape index (κ1) is 19.7. The van der Waals surface area contributed by atoms with Crippen molar-refractivity contribution in [2.45, 2.75) is 30.7 Å². The van der Waals surface area contributed by atoms with Gasteiger partial charge in [-0.3, -0.25) is 0 Å². The van der Waals surface area contributed by atoms with Crippen LogP contribution in [0.25, 0.3) is 0 Å². The predicted molar refractivity (Wildman–Crippen MR) is 98.6 cm³/mol. The highest BCUT2D eigenvalue weighted by Gasteiger charge is 2.79. The fourth-order valence-electron chi connectivity index (χ4n) is 4.71. The van der Waals surface area contributed by atoms with Gasteiger partial charge in [-0.05, 0) is 25.0 Å². The minimum atomic E-state index is -4.83. The number of amidine groups is 1. The van der Waals surface area contributed by atoms with Crippen molar-refractivity contribution in [1.82, 2.24) is 0 Å². The van der Waals surface area contributed by atoms with Crippen LogP contribution in [0.2, 0.25) is 0 Å². The van der Waals surface area contributed by atoms with E-state index in [9.17, 15) is 17.6 Å². The van der Waals surface area contributed by atoms with Gasteiger partial charge in [-0.1, -0.05) is 48.5 Å². The highest BCUT2D eigenvalue weighted by atomic mass is 19.4. The van der Waals surface area contributed by atoms with Crippen molar-refractivity contribution in [1.29, 1.82) is 0 Å². The second kappa shape index (κ2) is 6.45. The second-order valence-corrected chi connectivity index (χ2v) is 7.67. The monoisotopic (exact) mass is 408 g/mol. The van der Waals surface area contributed by atoms with E-state index in [1.54, 1.807) is 36.4 Å². The fourth-order valence-corrected chi connectivity index (χ4v) is 4.71. The summed E-state index contributed by atoms with van der Waals surface area (Å²) in [6.45, 7) is 0.408. The number of benzene rings is 2. The van der Waals surface area contributed by atoms with E-state index in [-0.39, 0.29) is 18.6 Å². The van der Waals surface area contributed by atoms with Gasteiger partial charge in [-0.2, -0.15) is 13.2 Å². The highest BCUT2D eigenvalue weighted by Crippen LogP contribution is 2.63. The van der Waals surface area contributed by atoms with Gasteiger partial charge in [-0.15, -0.1) is 0 Å². The number of hydrogen-bond donors (Lipinski definition) is 1. The Kier molecular flexibility index (Phi) is 4.38. The number of nitrogens with zero attached hydrogens (tertiary/aromatic N) is 1. The molecule has 0 aliphatic carbocycles. The summed E-state index contributed by atoms with van der Waals surface area (Å²) in [5, 5.41) is 0. The molecule has 154 valence electrons. The summed E-state index contributed by atoms with van der Waals surface area (Å²) in [5.41, 5.74) is 0.169. The molecule has 2 aromatic rings. The van der Waals surface area contributed by atoms with Crippen LogP contribution in [0.15, 0.2) is 59.6 Å². The van der Waals surface area contributed by atoms with E-state index in [4.69, 9.17) is 15.2 Å². The van der Waals surface area contributed by atoms with Crippen molar-refractivity contribution in [2.24, 2.45) is 16.1 Å². The van der Waals surface area contributed by atoms with Crippen LogP contribution in [0.5, 0.6) is 0 Å². The predicted octanol–water partition coefficient (Wildman–Crippen LogP) is 3.95. The van der Waals surface area contributed by atoms with Gasteiger partial charge in [0.15, 0.2) is 0 Å². The number of nitrogens with two attached hydrogens (primary N) is 1. The van der Waals surface area contributed by atoms with Crippen LogP contribution >= 0.6 is 0 Å². The summed E-state index contributed by atoms with van der Waals surface area (Å²) < 4.78 is 69.2. The molecule has 3 unspecified atom stereocenters. The van der Waals surface area contributed by atoms with Crippen molar-refractivity contribution >= 4 is 6.02 Å². The first-order valence-corrected chi connectivity index (χ1v) is 9.13. The van der Waals surface area contributed by atoms with Crippen molar-refractivity contribution < 1.29 is 27.0 Å². The van der Waals surface area contributed by atoms with Crippen molar-refractivity contribution in [2.75, 3.05) is 13.2 Å². The summed E-state index contributed by atoms with van der Waals surface area (Å²) >= 11 is 0. The van der Waals surface area contributed by atoms with Crippen molar-refractivity contribution in [3.8, 4) is 0 Å². The lowest BCUT2D eigenvalue weighted by Gasteiger charge is -2.55. The van der Waals surface area contributed by atoms with E-state index in [2.05, 4.69) is 4.99 Å². The average molecular weight is 408 g/mol. The van der Waals surface area contributed by atoms with E-state index in [0.717, 1.165) is 0 Å². The van der Waals surface area contributed by atoms with Gasteiger partial charge in [0.2, 0.25) is 5.60 Å². The van der Waals surface area contributed by atoms with E-state index in [1.165, 1.54) is 25.1 Å². The minimum Gasteiger partial charge on any atom is -0.446 e. The maximum absolute atomic E-state index is 14.9. The summed E-state index contributed by atoms with van der Waals surface area (Å²) in [5.74, 6) is -0.663. The Morgan fingerprint density at radius 2 is 1.69 bits per heavy atom. The quantitative estimate of drug-likeness (QED) is 0.783. The average Bonchev–Trinajstić information content (AvgIpc) is 3.03. The SMILES string of the molecule is CC1(c2ccccc2F)N=C(N)OC2(C(F)(F)F)COCC12Cc1ccccc1. The van der Waals surface area contributed by atoms with Gasteiger partial charge >= 0.3 is 6.18 Å². The van der Waals surface area contributed by atoms with Crippen LogP contribution in [-0.4, -0.2) is 31.0 Å². The zero-order chi connectivity index (χ0) is 20.9. The highest BCUT2D eigenvalue weighted by molar-refractivity contribution is 5.74. The topological polar surface area (TPSA) is 56.8 Å². The molecule has 2 N–H and O–H groups in total. The number of fused-ring (bicyclic) bond motifs is 1. The molecule has 0 bridgehead atoms. The minimum absolute atomic E-state index is 0.0151. The maximum atomic E-state index is 14.9. The van der Waals surface area contributed by atoms with E-state index < -0.39 is 41.2 Å². The number of rotatable bonds is 3. The van der Waals surface area contributed by atoms with Crippen molar-refractivity contribution in [3.63, 3.8) is 0 Å². The number of alkyl halides is 3. The molecule has 0 aromatic heterocycles. The van der Waals surface area contributed by atoms with Gasteiger partial charge < -0.3 is 15.2 Å². The first-order chi connectivity index (χ1) is 13.7. The Morgan fingerprint density at radius 3 is 2.34 bits per heavy atom. The van der Waals surface area contributed by atoms with E-state index in [1.807, 2.05) is 0 Å². The Labute approximate surface area is 165 Å². The summed E-state index contributed by atoms with van der Waals surface area (Å²) in [6.07, 6.45) is -4.92. The van der Waals surface area contributed by atoms with Gasteiger partial charge in [0.25, 0.3) is 6.02 Å². The summed E-state index contributed by atoms with van der Waals surface area (Å²) in [4.78, 5) is 4.27. The molecule has 0 spiro atoms. The molecule has 2 heterocycles. The molecule has 0 radical (unpaired) electrons. The molecular formula is C21H20F4N2O2. The van der Waals surface area contributed by atoms with Crippen LogP contribution < -0.4 is 5.73 Å². The zero-order valence-corrected chi connectivity index (χ0v) is 15.7. The normalized spacial score (nSPS) is 31.7. The smallest absolute Gasteiger partial charge is 0.431 e. The van der Waals surface area contributed by atoms with Gasteiger partial charge in [0.05, 0.1) is 18.6 Å². The first-order valence-electron chi connectivity index (χ1n) is 9.13. The third-order valence-corrected chi connectivity index (χ3v) is 6.18. The standard InChI is InChI=1S/C21H20F4N2O2/c1-18(15-9-5-6-10-16(15)22)19(11-14-7-3-2-4-8-14)12-28-13-20(19,21(23,24)25)29-17(26)27-18/h2-10H,11-13H2,1H3,(H2,26,27). The number of aliphatic imine (C=N–C) groups is 1. The number of hydrogen-bond acceptors (Lipinski definition) is 4. The molecule has 2 aliphatic rings. The van der Waals surface area contributed by atoms with Gasteiger partial charge in [-0.25, -0.2) is 9.38 Å². The van der Waals surface area contributed by atoms with Crippen LogP contribution in [-0.2, 0) is 21.4 Å². The Balaban J connectivity index is 2.03. The van der Waals surface area contributed by atoms with Gasteiger partial charge in [0, 0.05) is 5.56 Å². The van der Waals surface area contributed by atoms with Crippen LogP contribution in [0.4, 0.5) is 17.6 Å². The van der Waals surface area contributed by atoms with E-state index in [0.29, 0.717) is 5.56 Å². The third kappa shape index (κ3) is 2.65. The molecule has 4 nitrogen and oxygen atoms in total. The van der Waals surface area contributed by atoms with Gasteiger partial charge in [0.1, 0.15) is 11.4 Å². The molecular weight excluding hydrogens is 388 g/mol. The van der Waals surface area contributed by atoms with E-state index >= 15 is 0 Å². The molecule has 1 saturated heterocycles. The van der Waals surface area contributed by atoms with Crippen LogP contribution in [0.3, 0.4) is 0 Å². The summed E-state index contributed by atoms with van der Waals surface area (Å²) in [7, 11) is 0. The Hall–Kier alpha value is -2.61. The molecule has 29 heavy (non-hydrogen) atoms. The second-order valence-electron chi connectivity index (χ2n) is 7.67. The maximum Gasteiger partial charge on any atom is 0.431 e. The van der Waals surface area contributed by atoms with Crippen LogP contribution in [0, 0.1) is 11.2 Å². The Morgan fingerprint density at radius 1 is 1.03 bits per heavy atom. The number of halogens is 4. The molecule has 2 aromatic carbocycles. The lowest BCUT2D eigenvalue weighted by Crippen LogP contribution is -2.70. The molecule has 1 fully saturated rings. The Bertz CT molecular complexity index is 949. The molecule has 0 amide bonds. The lowest BCUT2D eigenvalue weighted by molar-refractivity contribution is -0.298. The largest absolute Gasteiger partial charge is 0.446 e. The lowest BCUT2D eigenvalue weighted by atomic mass is 9.56. The van der Waals surface area contributed by atoms with Crippen LogP contribution in [0.1, 0.15) is 18.1 Å². The molecule has 3 atom stereocenters. The van der Waals surface area contributed by atoms with Crippen molar-refractivity contribution in [3.05, 3.63) is 71.5 Å². The fraction of sp³-hybridized carbons (Fsp3) is 0.381. The molecule has 2 aliphatic heterocycles. The summed E-state index contributed by atoms with van der Waals surface area (Å²) in [6, 6.07) is 13.7. The molecule has 4 rings (SSSR count). The third-order valence-electron chi connectivity index (χ3n) is 6.18. The number of ether oxygens (including phenoxy) is 2. The molecule has 0 saturated carbocycles.